The van der Waals surface area contributed by atoms with Gasteiger partial charge in [0.2, 0.25) is 5.91 Å². The van der Waals surface area contributed by atoms with Gasteiger partial charge in [-0.3, -0.25) is 4.79 Å². The third-order valence-electron chi connectivity index (χ3n) is 2.97. The maximum absolute atomic E-state index is 12.2. The molecule has 0 aromatic heterocycles. The minimum atomic E-state index is -3.67. The van der Waals surface area contributed by atoms with E-state index < -0.39 is 16.1 Å². The molecular weight excluding hydrogens is 268 g/mol. The molecule has 4 N–H and O–H groups in total. The highest BCUT2D eigenvalue weighted by molar-refractivity contribution is 7.87. The molecule has 1 amide bonds. The zero-order valence-corrected chi connectivity index (χ0v) is 12.4. The molecule has 1 atom stereocenters. The molecule has 0 spiro atoms. The van der Waals surface area contributed by atoms with Gasteiger partial charge in [0, 0.05) is 19.1 Å². The monoisotopic (exact) mass is 292 g/mol. The summed E-state index contributed by atoms with van der Waals surface area (Å²) in [7, 11) is -3.67. The molecule has 0 aromatic carbocycles. The van der Waals surface area contributed by atoms with E-state index in [0.717, 1.165) is 19.4 Å². The fourth-order valence-corrected chi connectivity index (χ4v) is 3.58. The molecule has 1 aliphatic rings. The number of nitrogens with two attached hydrogens (primary N) is 1. The van der Waals surface area contributed by atoms with Crippen LogP contribution >= 0.6 is 0 Å². The Labute approximate surface area is 115 Å². The van der Waals surface area contributed by atoms with Crippen molar-refractivity contribution in [1.82, 2.24) is 14.3 Å². The summed E-state index contributed by atoms with van der Waals surface area (Å²) in [5.74, 6) is -0.435. The van der Waals surface area contributed by atoms with E-state index in [4.69, 9.17) is 5.73 Å². The van der Waals surface area contributed by atoms with E-state index >= 15 is 0 Å². The predicted octanol–water partition coefficient (Wildman–Crippen LogP) is -0.984. The predicted molar refractivity (Wildman–Crippen MR) is 73.6 cm³/mol. The quantitative estimate of drug-likeness (QED) is 0.560. The largest absolute Gasteiger partial charge is 0.369 e. The van der Waals surface area contributed by atoms with Gasteiger partial charge in [0.25, 0.3) is 10.2 Å². The van der Waals surface area contributed by atoms with Crippen LogP contribution in [-0.4, -0.2) is 50.9 Å². The highest BCUT2D eigenvalue weighted by Crippen LogP contribution is 2.13. The van der Waals surface area contributed by atoms with E-state index in [2.05, 4.69) is 10.0 Å². The molecule has 1 fully saturated rings. The van der Waals surface area contributed by atoms with Gasteiger partial charge in [0.15, 0.2) is 0 Å². The fourth-order valence-electron chi connectivity index (χ4n) is 2.00. The summed E-state index contributed by atoms with van der Waals surface area (Å²) < 4.78 is 28.2. The van der Waals surface area contributed by atoms with Crippen molar-refractivity contribution in [3.8, 4) is 0 Å². The summed E-state index contributed by atoms with van der Waals surface area (Å²) in [5, 5.41) is 3.14. The first kappa shape index (κ1) is 16.4. The molecule has 112 valence electrons. The third-order valence-corrected chi connectivity index (χ3v) is 4.55. The van der Waals surface area contributed by atoms with Crippen LogP contribution in [0.3, 0.4) is 0 Å². The molecule has 0 bridgehead atoms. The number of carbonyl (C=O) groups is 1. The lowest BCUT2D eigenvalue weighted by molar-refractivity contribution is -0.118. The summed E-state index contributed by atoms with van der Waals surface area (Å²) in [5.41, 5.74) is 5.16. The Balaban J connectivity index is 2.79. The van der Waals surface area contributed by atoms with Crippen LogP contribution in [0.15, 0.2) is 0 Å². The van der Waals surface area contributed by atoms with Gasteiger partial charge in [-0.05, 0) is 25.3 Å². The van der Waals surface area contributed by atoms with E-state index in [9.17, 15) is 13.2 Å². The van der Waals surface area contributed by atoms with Crippen molar-refractivity contribution in [2.24, 2.45) is 11.7 Å². The summed E-state index contributed by atoms with van der Waals surface area (Å²) in [6, 6.07) is -0.217. The SMILES string of the molecule is CC(C)CNS(=O)(=O)N(CC(N)=O)C1CCCNC1. The molecule has 0 aliphatic carbocycles. The number of piperidine rings is 1. The lowest BCUT2D eigenvalue weighted by atomic mass is 10.1. The minimum absolute atomic E-state index is 0.203. The van der Waals surface area contributed by atoms with Crippen LogP contribution in [0.1, 0.15) is 26.7 Å². The van der Waals surface area contributed by atoms with Crippen LogP contribution in [0, 0.1) is 5.92 Å². The molecule has 1 heterocycles. The Morgan fingerprint density at radius 1 is 1.53 bits per heavy atom. The normalized spacial score (nSPS) is 20.9. The molecule has 0 saturated carbocycles. The number of nitrogens with zero attached hydrogens (tertiary/aromatic N) is 1. The second kappa shape index (κ2) is 7.18. The van der Waals surface area contributed by atoms with E-state index in [-0.39, 0.29) is 18.5 Å². The smallest absolute Gasteiger partial charge is 0.280 e. The van der Waals surface area contributed by atoms with Crippen molar-refractivity contribution in [3.63, 3.8) is 0 Å². The Morgan fingerprint density at radius 3 is 2.68 bits per heavy atom. The van der Waals surface area contributed by atoms with Gasteiger partial charge < -0.3 is 11.1 Å². The number of primary amides is 1. The maximum Gasteiger partial charge on any atom is 0.280 e. The topological polar surface area (TPSA) is 105 Å². The van der Waals surface area contributed by atoms with Crippen molar-refractivity contribution in [2.75, 3.05) is 26.2 Å². The van der Waals surface area contributed by atoms with E-state index in [1.807, 2.05) is 13.8 Å². The Morgan fingerprint density at radius 2 is 2.21 bits per heavy atom. The van der Waals surface area contributed by atoms with Gasteiger partial charge in [-0.15, -0.1) is 0 Å². The van der Waals surface area contributed by atoms with Crippen LogP contribution < -0.4 is 15.8 Å². The number of rotatable bonds is 7. The molecule has 1 saturated heterocycles. The van der Waals surface area contributed by atoms with Crippen LogP contribution in [0.4, 0.5) is 0 Å². The molecule has 8 heteroatoms. The minimum Gasteiger partial charge on any atom is -0.369 e. The Hall–Kier alpha value is -0.700. The summed E-state index contributed by atoms with van der Waals surface area (Å²) in [4.78, 5) is 11.1. The van der Waals surface area contributed by atoms with E-state index in [0.29, 0.717) is 13.1 Å². The van der Waals surface area contributed by atoms with Gasteiger partial charge in [-0.2, -0.15) is 12.7 Å². The van der Waals surface area contributed by atoms with Gasteiger partial charge in [0.1, 0.15) is 0 Å². The Kier molecular flexibility index (Phi) is 6.18. The van der Waals surface area contributed by atoms with Gasteiger partial charge in [-0.1, -0.05) is 13.8 Å². The molecule has 1 rings (SSSR count). The molecule has 19 heavy (non-hydrogen) atoms. The fraction of sp³-hybridized carbons (Fsp3) is 0.909. The lowest BCUT2D eigenvalue weighted by Gasteiger charge is -2.33. The summed E-state index contributed by atoms with van der Waals surface area (Å²) in [6.45, 7) is 5.33. The van der Waals surface area contributed by atoms with Crippen molar-refractivity contribution in [3.05, 3.63) is 0 Å². The zero-order valence-electron chi connectivity index (χ0n) is 11.6. The van der Waals surface area contributed by atoms with Crippen molar-refractivity contribution in [2.45, 2.75) is 32.7 Å². The van der Waals surface area contributed by atoms with Crippen molar-refractivity contribution < 1.29 is 13.2 Å². The average molecular weight is 292 g/mol. The molecule has 1 unspecified atom stereocenters. The van der Waals surface area contributed by atoms with Crippen LogP contribution in [0.2, 0.25) is 0 Å². The molecule has 1 aliphatic heterocycles. The Bertz CT molecular complexity index is 391. The standard InChI is InChI=1S/C11H24N4O3S/c1-9(2)6-14-19(17,18)15(8-11(12)16)10-4-3-5-13-7-10/h9-10,13-14H,3-8H2,1-2H3,(H2,12,16). The van der Waals surface area contributed by atoms with Gasteiger partial charge >= 0.3 is 0 Å². The second-order valence-electron chi connectivity index (χ2n) is 5.26. The zero-order chi connectivity index (χ0) is 14.5. The van der Waals surface area contributed by atoms with E-state index in [1.165, 1.54) is 4.31 Å². The molecule has 7 nitrogen and oxygen atoms in total. The molecule has 0 aromatic rings. The van der Waals surface area contributed by atoms with Gasteiger partial charge in [-0.25, -0.2) is 4.72 Å². The van der Waals surface area contributed by atoms with Crippen LogP contribution in [0.5, 0.6) is 0 Å². The van der Waals surface area contributed by atoms with Crippen molar-refractivity contribution >= 4 is 16.1 Å². The number of amides is 1. The second-order valence-corrected chi connectivity index (χ2v) is 6.97. The highest BCUT2D eigenvalue weighted by Gasteiger charge is 2.31. The summed E-state index contributed by atoms with van der Waals surface area (Å²) >= 11 is 0. The van der Waals surface area contributed by atoms with Crippen LogP contribution in [0.25, 0.3) is 0 Å². The lowest BCUT2D eigenvalue weighted by Crippen LogP contribution is -2.55. The first-order valence-electron chi connectivity index (χ1n) is 6.58. The number of hydrogen-bond donors (Lipinski definition) is 3. The van der Waals surface area contributed by atoms with Gasteiger partial charge in [0.05, 0.1) is 6.54 Å². The molecular formula is C11H24N4O3S. The maximum atomic E-state index is 12.2. The number of hydrogen-bond acceptors (Lipinski definition) is 4. The number of nitrogens with one attached hydrogen (secondary N) is 2. The summed E-state index contributed by atoms with van der Waals surface area (Å²) in [6.07, 6.45) is 1.63. The van der Waals surface area contributed by atoms with Crippen molar-refractivity contribution in [1.29, 1.82) is 0 Å². The van der Waals surface area contributed by atoms with E-state index in [1.54, 1.807) is 0 Å². The first-order valence-corrected chi connectivity index (χ1v) is 8.02. The first-order chi connectivity index (χ1) is 8.83. The average Bonchev–Trinajstić information content (AvgIpc) is 2.34. The molecule has 0 radical (unpaired) electrons. The highest BCUT2D eigenvalue weighted by atomic mass is 32.2. The number of carbonyl (C=O) groups excluding carboxylic acids is 1. The third kappa shape index (κ3) is 5.43. The van der Waals surface area contributed by atoms with Crippen LogP contribution in [-0.2, 0) is 15.0 Å².